The molecule has 2 aliphatic rings. The lowest BCUT2D eigenvalue weighted by atomic mass is 9.94. The number of ether oxygens (including phenoxy) is 1. The van der Waals surface area contributed by atoms with E-state index in [1.807, 2.05) is 31.1 Å². The van der Waals surface area contributed by atoms with Gasteiger partial charge in [0.05, 0.1) is 13.2 Å². The lowest BCUT2D eigenvalue weighted by Crippen LogP contribution is -2.38. The number of hydrogen-bond acceptors (Lipinski definition) is 8. The van der Waals surface area contributed by atoms with Gasteiger partial charge in [0.15, 0.2) is 0 Å². The highest BCUT2D eigenvalue weighted by Gasteiger charge is 2.37. The van der Waals surface area contributed by atoms with Gasteiger partial charge in [-0.1, -0.05) is 0 Å². The summed E-state index contributed by atoms with van der Waals surface area (Å²) < 4.78 is 45.9. The van der Waals surface area contributed by atoms with Crippen LogP contribution in [-0.4, -0.2) is 71.9 Å². The number of aromatic nitrogens is 5. The number of nitrogens with one attached hydrogen (secondary N) is 1. The van der Waals surface area contributed by atoms with E-state index in [0.717, 1.165) is 45.7 Å². The van der Waals surface area contributed by atoms with Crippen molar-refractivity contribution in [1.29, 1.82) is 0 Å². The van der Waals surface area contributed by atoms with Crippen LogP contribution in [0.3, 0.4) is 0 Å². The highest BCUT2D eigenvalue weighted by atomic mass is 19.4. The van der Waals surface area contributed by atoms with Crippen molar-refractivity contribution in [2.45, 2.75) is 18.6 Å². The summed E-state index contributed by atoms with van der Waals surface area (Å²) in [6.45, 7) is 3.06. The van der Waals surface area contributed by atoms with E-state index in [4.69, 9.17) is 4.74 Å². The third kappa shape index (κ3) is 4.38. The van der Waals surface area contributed by atoms with E-state index >= 15 is 0 Å². The Morgan fingerprint density at radius 1 is 1.00 bits per heavy atom. The Kier molecular flexibility index (Phi) is 6.05. The predicted molar refractivity (Wildman–Crippen MR) is 138 cm³/mol. The smallest absolute Gasteiger partial charge is 0.378 e. The second-order valence-corrected chi connectivity index (χ2v) is 9.64. The van der Waals surface area contributed by atoms with Gasteiger partial charge in [-0.15, -0.1) is 0 Å². The largest absolute Gasteiger partial charge is 0.433 e. The molecule has 0 aliphatic carbocycles. The van der Waals surface area contributed by atoms with Crippen molar-refractivity contribution >= 4 is 28.5 Å². The molecule has 0 saturated carbocycles. The third-order valence-corrected chi connectivity index (χ3v) is 7.08. The summed E-state index contributed by atoms with van der Waals surface area (Å²) in [5.41, 5.74) is 3.79. The maximum Gasteiger partial charge on any atom is 0.433 e. The Bertz CT molecular complexity index is 1450. The van der Waals surface area contributed by atoms with Gasteiger partial charge in [0.2, 0.25) is 11.9 Å². The minimum Gasteiger partial charge on any atom is -0.378 e. The summed E-state index contributed by atoms with van der Waals surface area (Å²) >= 11 is 0. The Labute approximate surface area is 217 Å². The number of aromatic amines is 1. The zero-order chi connectivity index (χ0) is 26.4. The summed E-state index contributed by atoms with van der Waals surface area (Å²) in [5, 5.41) is 1.09. The van der Waals surface area contributed by atoms with E-state index in [2.05, 4.69) is 35.9 Å². The van der Waals surface area contributed by atoms with Crippen molar-refractivity contribution in [1.82, 2.24) is 24.9 Å². The van der Waals surface area contributed by atoms with Crippen molar-refractivity contribution in [3.63, 3.8) is 0 Å². The Balaban J connectivity index is 1.46. The zero-order valence-corrected chi connectivity index (χ0v) is 21.0. The van der Waals surface area contributed by atoms with Gasteiger partial charge in [0.25, 0.3) is 0 Å². The molecule has 1 fully saturated rings. The number of anilines is 3. The molecule has 9 nitrogen and oxygen atoms in total. The molecule has 1 N–H and O–H groups in total. The fraction of sp³-hybridized carbons (Fsp3) is 0.385. The molecule has 6 rings (SSSR count). The number of hydrogen-bond donors (Lipinski definition) is 1. The van der Waals surface area contributed by atoms with Gasteiger partial charge < -0.3 is 24.4 Å². The molecule has 5 heterocycles. The SMILES string of the molecule is CN(C)c1ccc2[nH]c3c(c2c1)CCN(c1nccc(C(F)(F)F)n1)C3c1cnc(N2CCOCC2)nc1. The number of fused-ring (bicyclic) bond motifs is 3. The van der Waals surface area contributed by atoms with Crippen molar-refractivity contribution in [2.75, 3.05) is 61.6 Å². The van der Waals surface area contributed by atoms with Gasteiger partial charge in [0.1, 0.15) is 11.7 Å². The maximum absolute atomic E-state index is 13.5. The van der Waals surface area contributed by atoms with Crippen LogP contribution in [0.5, 0.6) is 0 Å². The molecule has 12 heteroatoms. The molecular weight excluding hydrogens is 497 g/mol. The second kappa shape index (κ2) is 9.43. The van der Waals surface area contributed by atoms with Crippen LogP contribution in [0.1, 0.15) is 28.6 Å². The number of morpholine rings is 1. The molecule has 1 unspecified atom stereocenters. The van der Waals surface area contributed by atoms with Crippen molar-refractivity contribution in [3.05, 3.63) is 65.4 Å². The molecule has 3 aromatic heterocycles. The third-order valence-electron chi connectivity index (χ3n) is 7.08. The van der Waals surface area contributed by atoms with Crippen molar-refractivity contribution < 1.29 is 17.9 Å². The van der Waals surface area contributed by atoms with Crippen LogP contribution >= 0.6 is 0 Å². The molecule has 4 aromatic rings. The minimum absolute atomic E-state index is 0.0142. The van der Waals surface area contributed by atoms with Crippen LogP contribution in [0.4, 0.5) is 30.8 Å². The van der Waals surface area contributed by atoms with E-state index in [1.165, 1.54) is 0 Å². The normalized spacial score (nSPS) is 18.1. The van der Waals surface area contributed by atoms with E-state index < -0.39 is 17.9 Å². The molecule has 1 saturated heterocycles. The minimum atomic E-state index is -4.57. The van der Waals surface area contributed by atoms with Gasteiger partial charge in [-0.05, 0) is 36.2 Å². The lowest BCUT2D eigenvalue weighted by Gasteiger charge is -2.36. The van der Waals surface area contributed by atoms with Crippen LogP contribution in [-0.2, 0) is 17.3 Å². The number of rotatable bonds is 4. The molecule has 0 bridgehead atoms. The number of H-pyrrole nitrogens is 1. The first-order chi connectivity index (χ1) is 18.3. The van der Waals surface area contributed by atoms with Gasteiger partial charge in [-0.25, -0.2) is 19.9 Å². The molecule has 2 aliphatic heterocycles. The summed E-state index contributed by atoms with van der Waals surface area (Å²) in [6, 6.07) is 6.60. The number of nitrogens with zero attached hydrogens (tertiary/aromatic N) is 7. The Morgan fingerprint density at radius 2 is 1.76 bits per heavy atom. The van der Waals surface area contributed by atoms with Crippen LogP contribution in [0.2, 0.25) is 0 Å². The molecule has 1 aromatic carbocycles. The lowest BCUT2D eigenvalue weighted by molar-refractivity contribution is -0.141. The number of alkyl halides is 3. The first-order valence-electron chi connectivity index (χ1n) is 12.4. The fourth-order valence-corrected chi connectivity index (χ4v) is 5.16. The van der Waals surface area contributed by atoms with Gasteiger partial charge in [-0.2, -0.15) is 13.2 Å². The average molecular weight is 525 g/mol. The van der Waals surface area contributed by atoms with Crippen LogP contribution in [0.15, 0.2) is 42.9 Å². The standard InChI is InChI=1S/C26H27F3N8O/c1-35(2)17-3-4-20-19(13-17)18-6-8-37(25-30-7-5-21(34-25)26(27,28)29)23(22(18)33-20)16-14-31-24(32-15-16)36-9-11-38-12-10-36/h3-5,7,13-15,23,33H,6,8-12H2,1-2H3. The molecule has 0 radical (unpaired) electrons. The molecule has 0 spiro atoms. The van der Waals surface area contributed by atoms with Gasteiger partial charge in [0, 0.05) is 80.2 Å². The van der Waals surface area contributed by atoms with E-state index in [9.17, 15) is 13.2 Å². The van der Waals surface area contributed by atoms with Crippen LogP contribution in [0, 0.1) is 0 Å². The molecular formula is C26H27F3N8O. The summed E-state index contributed by atoms with van der Waals surface area (Å²) in [5.74, 6) is 0.614. The zero-order valence-electron chi connectivity index (χ0n) is 21.0. The first-order valence-corrected chi connectivity index (χ1v) is 12.4. The maximum atomic E-state index is 13.5. The summed E-state index contributed by atoms with van der Waals surface area (Å²) in [4.78, 5) is 26.8. The van der Waals surface area contributed by atoms with E-state index in [0.29, 0.717) is 45.2 Å². The number of halogens is 3. The molecule has 0 amide bonds. The molecule has 1 atom stereocenters. The van der Waals surface area contributed by atoms with Crippen molar-refractivity contribution in [2.24, 2.45) is 0 Å². The summed E-state index contributed by atoms with van der Waals surface area (Å²) in [7, 11) is 3.98. The number of benzene rings is 1. The first kappa shape index (κ1) is 24.4. The van der Waals surface area contributed by atoms with Crippen molar-refractivity contribution in [3.8, 4) is 0 Å². The highest BCUT2D eigenvalue weighted by Crippen LogP contribution is 2.41. The fourth-order valence-electron chi connectivity index (χ4n) is 5.16. The van der Waals surface area contributed by atoms with E-state index in [-0.39, 0.29) is 5.95 Å². The van der Waals surface area contributed by atoms with E-state index in [1.54, 1.807) is 17.3 Å². The molecule has 38 heavy (non-hydrogen) atoms. The van der Waals surface area contributed by atoms with Gasteiger partial charge >= 0.3 is 6.18 Å². The van der Waals surface area contributed by atoms with Gasteiger partial charge in [-0.3, -0.25) is 0 Å². The second-order valence-electron chi connectivity index (χ2n) is 9.64. The predicted octanol–water partition coefficient (Wildman–Crippen LogP) is 3.82. The van der Waals surface area contributed by atoms with Crippen LogP contribution in [0.25, 0.3) is 10.9 Å². The molecule has 198 valence electrons. The summed E-state index contributed by atoms with van der Waals surface area (Å²) in [6.07, 6.45) is 0.698. The quantitative estimate of drug-likeness (QED) is 0.431. The van der Waals surface area contributed by atoms with Crippen LogP contribution < -0.4 is 14.7 Å². The Hall–Kier alpha value is -3.93. The Morgan fingerprint density at radius 3 is 2.47 bits per heavy atom. The highest BCUT2D eigenvalue weighted by molar-refractivity contribution is 5.89. The topological polar surface area (TPSA) is 86.3 Å². The monoisotopic (exact) mass is 524 g/mol. The average Bonchev–Trinajstić information content (AvgIpc) is 3.31.